The highest BCUT2D eigenvalue weighted by Gasteiger charge is 2.19. The largest absolute Gasteiger partial charge is 0.506 e. The second-order valence-electron chi connectivity index (χ2n) is 7.41. The van der Waals surface area contributed by atoms with Crippen LogP contribution in [0.3, 0.4) is 0 Å². The Morgan fingerprint density at radius 2 is 1.97 bits per heavy atom. The highest BCUT2D eigenvalue weighted by Crippen LogP contribution is 2.30. The molecule has 152 valence electrons. The Morgan fingerprint density at radius 1 is 1.17 bits per heavy atom. The lowest BCUT2D eigenvalue weighted by molar-refractivity contribution is -0.118. The Kier molecular flexibility index (Phi) is 7.22. The summed E-state index contributed by atoms with van der Waals surface area (Å²) in [5, 5.41) is 16.2. The molecule has 3 rings (SSSR count). The van der Waals surface area contributed by atoms with Gasteiger partial charge in [-0.15, -0.1) is 0 Å². The third kappa shape index (κ3) is 5.79. The Labute approximate surface area is 172 Å². The molecule has 0 spiro atoms. The third-order valence-corrected chi connectivity index (χ3v) is 5.07. The summed E-state index contributed by atoms with van der Waals surface area (Å²) in [4.78, 5) is 15.0. The minimum absolute atomic E-state index is 0.0696. The number of anilines is 1. The van der Waals surface area contributed by atoms with Gasteiger partial charge in [0.05, 0.1) is 11.6 Å². The van der Waals surface area contributed by atoms with Crippen LogP contribution in [-0.4, -0.2) is 49.6 Å². The Hall–Kier alpha value is -2.89. The molecule has 2 aromatic carbocycles. The van der Waals surface area contributed by atoms with E-state index in [1.54, 1.807) is 6.07 Å². The van der Waals surface area contributed by atoms with Crippen molar-refractivity contribution in [2.75, 3.05) is 39.0 Å². The van der Waals surface area contributed by atoms with Crippen molar-refractivity contribution in [1.82, 2.24) is 10.2 Å². The van der Waals surface area contributed by atoms with E-state index < -0.39 is 0 Å². The van der Waals surface area contributed by atoms with Gasteiger partial charge >= 0.3 is 0 Å². The van der Waals surface area contributed by atoms with Gasteiger partial charge in [-0.05, 0) is 49.3 Å². The van der Waals surface area contributed by atoms with Crippen LogP contribution in [0.25, 0.3) is 11.1 Å². The summed E-state index contributed by atoms with van der Waals surface area (Å²) < 4.78 is 0. The van der Waals surface area contributed by atoms with E-state index in [-0.39, 0.29) is 17.6 Å². The van der Waals surface area contributed by atoms with E-state index in [4.69, 9.17) is 0 Å². The van der Waals surface area contributed by atoms with Crippen molar-refractivity contribution in [2.45, 2.75) is 6.42 Å². The second-order valence-corrected chi connectivity index (χ2v) is 7.41. The van der Waals surface area contributed by atoms with Crippen LogP contribution < -0.4 is 10.6 Å². The van der Waals surface area contributed by atoms with Crippen LogP contribution in [0.15, 0.2) is 72.3 Å². The van der Waals surface area contributed by atoms with Gasteiger partial charge in [0.2, 0.25) is 5.91 Å². The molecule has 0 saturated carbocycles. The monoisotopic (exact) mass is 391 g/mol. The van der Waals surface area contributed by atoms with Gasteiger partial charge in [0, 0.05) is 19.6 Å². The Bertz CT molecular complexity index is 890. The number of benzene rings is 2. The van der Waals surface area contributed by atoms with Gasteiger partial charge < -0.3 is 20.6 Å². The molecule has 1 unspecified atom stereocenters. The normalized spacial score (nSPS) is 16.0. The second kappa shape index (κ2) is 10.0. The van der Waals surface area contributed by atoms with Crippen molar-refractivity contribution in [3.63, 3.8) is 0 Å². The highest BCUT2D eigenvalue weighted by molar-refractivity contribution is 5.96. The maximum atomic E-state index is 12.7. The predicted molar refractivity (Wildman–Crippen MR) is 119 cm³/mol. The lowest BCUT2D eigenvalue weighted by Crippen LogP contribution is -2.29. The SMILES string of the molecule is CNCCN(C)CC1=CCC(C(=O)Nc2cc(-c3ccccc3)ccc2O)C=C1. The summed E-state index contributed by atoms with van der Waals surface area (Å²) in [5.41, 5.74) is 3.65. The summed E-state index contributed by atoms with van der Waals surface area (Å²) in [7, 11) is 4.04. The van der Waals surface area contributed by atoms with Crippen LogP contribution in [0.4, 0.5) is 5.69 Å². The average molecular weight is 392 g/mol. The van der Waals surface area contributed by atoms with Crippen LogP contribution in [0.1, 0.15) is 6.42 Å². The molecule has 5 heteroatoms. The molecule has 0 heterocycles. The summed E-state index contributed by atoms with van der Waals surface area (Å²) in [6.45, 7) is 2.79. The fourth-order valence-electron chi connectivity index (χ4n) is 3.34. The smallest absolute Gasteiger partial charge is 0.231 e. The van der Waals surface area contributed by atoms with E-state index in [1.807, 2.05) is 61.7 Å². The van der Waals surface area contributed by atoms with Gasteiger partial charge in [0.15, 0.2) is 0 Å². The lowest BCUT2D eigenvalue weighted by atomic mass is 9.95. The number of allylic oxidation sites excluding steroid dienone is 1. The Balaban J connectivity index is 1.61. The van der Waals surface area contributed by atoms with Crippen LogP contribution in [0.2, 0.25) is 0 Å². The lowest BCUT2D eigenvalue weighted by Gasteiger charge is -2.21. The molecule has 0 bridgehead atoms. The van der Waals surface area contributed by atoms with Gasteiger partial charge in [0.1, 0.15) is 5.75 Å². The fourth-order valence-corrected chi connectivity index (χ4v) is 3.34. The van der Waals surface area contributed by atoms with Gasteiger partial charge in [0.25, 0.3) is 0 Å². The summed E-state index contributed by atoms with van der Waals surface area (Å²) in [6.07, 6.45) is 6.77. The third-order valence-electron chi connectivity index (χ3n) is 5.07. The minimum atomic E-state index is -0.235. The zero-order valence-electron chi connectivity index (χ0n) is 17.1. The molecule has 29 heavy (non-hydrogen) atoms. The molecule has 0 aromatic heterocycles. The number of aromatic hydroxyl groups is 1. The summed E-state index contributed by atoms with van der Waals surface area (Å²) in [6, 6.07) is 15.2. The molecule has 5 nitrogen and oxygen atoms in total. The van der Waals surface area contributed by atoms with Crippen molar-refractivity contribution in [1.29, 1.82) is 0 Å². The average Bonchev–Trinajstić information content (AvgIpc) is 2.75. The number of carbonyl (C=O) groups excluding carboxylic acids is 1. The van der Waals surface area contributed by atoms with E-state index in [0.29, 0.717) is 12.1 Å². The predicted octanol–water partition coefficient (Wildman–Crippen LogP) is 3.65. The van der Waals surface area contributed by atoms with Crippen LogP contribution >= 0.6 is 0 Å². The van der Waals surface area contributed by atoms with Crippen molar-refractivity contribution in [3.8, 4) is 16.9 Å². The van der Waals surface area contributed by atoms with Gasteiger partial charge in [-0.25, -0.2) is 0 Å². The molecule has 1 aliphatic rings. The van der Waals surface area contributed by atoms with Crippen molar-refractivity contribution >= 4 is 11.6 Å². The number of hydrogen-bond donors (Lipinski definition) is 3. The summed E-state index contributed by atoms with van der Waals surface area (Å²) in [5.74, 6) is -0.276. The molecule has 0 fully saturated rings. The van der Waals surface area contributed by atoms with Gasteiger partial charge in [-0.2, -0.15) is 0 Å². The maximum absolute atomic E-state index is 12.7. The zero-order valence-corrected chi connectivity index (χ0v) is 17.1. The topological polar surface area (TPSA) is 64.6 Å². The molecule has 0 aliphatic heterocycles. The first kappa shape index (κ1) is 20.8. The van der Waals surface area contributed by atoms with Gasteiger partial charge in [-0.1, -0.05) is 54.6 Å². The highest BCUT2D eigenvalue weighted by atomic mass is 16.3. The van der Waals surface area contributed by atoms with Gasteiger partial charge in [-0.3, -0.25) is 4.79 Å². The molecule has 1 amide bonds. The maximum Gasteiger partial charge on any atom is 0.231 e. The Morgan fingerprint density at radius 3 is 2.66 bits per heavy atom. The van der Waals surface area contributed by atoms with Crippen LogP contribution in [-0.2, 0) is 4.79 Å². The van der Waals surface area contributed by atoms with E-state index in [9.17, 15) is 9.90 Å². The molecule has 0 saturated heterocycles. The first-order chi connectivity index (χ1) is 14.1. The van der Waals surface area contributed by atoms with E-state index in [2.05, 4.69) is 28.7 Å². The molecule has 2 aromatic rings. The number of nitrogens with one attached hydrogen (secondary N) is 2. The molecule has 1 atom stereocenters. The van der Waals surface area contributed by atoms with E-state index >= 15 is 0 Å². The van der Waals surface area contributed by atoms with Crippen LogP contribution in [0, 0.1) is 5.92 Å². The van der Waals surface area contributed by atoms with E-state index in [0.717, 1.165) is 30.8 Å². The quantitative estimate of drug-likeness (QED) is 0.601. The minimum Gasteiger partial charge on any atom is -0.506 e. The number of carbonyl (C=O) groups is 1. The molecular formula is C24H29N3O2. The van der Waals surface area contributed by atoms with Crippen molar-refractivity contribution in [3.05, 3.63) is 72.3 Å². The molecule has 1 aliphatic carbocycles. The number of phenols is 1. The number of phenolic OH excluding ortho intramolecular Hbond substituents is 1. The molecular weight excluding hydrogens is 362 g/mol. The molecule has 0 radical (unpaired) electrons. The number of amides is 1. The standard InChI is InChI=1S/C24H29N3O2/c1-25-14-15-27(2)17-18-8-10-20(11-9-18)24(29)26-22-16-21(12-13-23(22)28)19-6-4-3-5-7-19/h3-10,12-13,16,20,25,28H,11,14-15,17H2,1-2H3,(H,26,29). The summed E-state index contributed by atoms with van der Waals surface area (Å²) >= 11 is 0. The molecule has 3 N–H and O–H groups in total. The first-order valence-corrected chi connectivity index (χ1v) is 9.96. The number of rotatable bonds is 8. The van der Waals surface area contributed by atoms with Crippen molar-refractivity contribution < 1.29 is 9.90 Å². The number of nitrogens with zero attached hydrogens (tertiary/aromatic N) is 1. The van der Waals surface area contributed by atoms with Crippen LogP contribution in [0.5, 0.6) is 5.75 Å². The fraction of sp³-hybridized carbons (Fsp3) is 0.292. The van der Waals surface area contributed by atoms with Crippen molar-refractivity contribution in [2.24, 2.45) is 5.92 Å². The number of hydrogen-bond acceptors (Lipinski definition) is 4. The van der Waals surface area contributed by atoms with E-state index in [1.165, 1.54) is 5.57 Å². The number of likely N-dealkylation sites (N-methyl/N-ethyl adjacent to an activating group) is 2. The first-order valence-electron chi connectivity index (χ1n) is 9.96. The zero-order chi connectivity index (χ0) is 20.6.